The number of aryl methyl sites for hydroxylation is 1. The van der Waals surface area contributed by atoms with E-state index in [0.29, 0.717) is 0 Å². The second-order valence-corrected chi connectivity index (χ2v) is 6.93. The Morgan fingerprint density at radius 2 is 1.80 bits per heavy atom. The van der Waals surface area contributed by atoms with Gasteiger partial charge in [-0.2, -0.15) is 0 Å². The van der Waals surface area contributed by atoms with Crippen LogP contribution >= 0.6 is 11.3 Å². The molecule has 0 amide bonds. The zero-order chi connectivity index (χ0) is 17.6. The molecule has 0 spiro atoms. The van der Waals surface area contributed by atoms with Crippen molar-refractivity contribution in [2.24, 2.45) is 0 Å². The molecule has 0 radical (unpaired) electrons. The highest BCUT2D eigenvalue weighted by atomic mass is 32.1. The van der Waals surface area contributed by atoms with Crippen molar-refractivity contribution in [1.29, 1.82) is 0 Å². The first-order chi connectivity index (χ1) is 12.2. The molecule has 2 heterocycles. The van der Waals surface area contributed by atoms with Gasteiger partial charge in [0.1, 0.15) is 0 Å². The van der Waals surface area contributed by atoms with Gasteiger partial charge in [-0.3, -0.25) is 4.57 Å². The lowest BCUT2D eigenvalue weighted by molar-refractivity contribution is 0.668. The molecule has 5 nitrogen and oxygen atoms in total. The first-order valence-corrected chi connectivity index (χ1v) is 9.54. The van der Waals surface area contributed by atoms with Crippen molar-refractivity contribution in [2.75, 3.05) is 18.0 Å². The molecule has 1 aromatic carbocycles. The molecule has 0 atom stereocenters. The van der Waals surface area contributed by atoms with Gasteiger partial charge in [0, 0.05) is 38.1 Å². The van der Waals surface area contributed by atoms with Gasteiger partial charge in [0.15, 0.2) is 0 Å². The van der Waals surface area contributed by atoms with Crippen LogP contribution in [0.15, 0.2) is 42.6 Å². The lowest BCUT2D eigenvalue weighted by Gasteiger charge is -2.15. The molecule has 3 aromatic rings. The fourth-order valence-electron chi connectivity index (χ4n) is 2.72. The van der Waals surface area contributed by atoms with E-state index >= 15 is 0 Å². The minimum Gasteiger partial charge on any atom is -0.347 e. The van der Waals surface area contributed by atoms with E-state index in [-0.39, 0.29) is 0 Å². The largest absolute Gasteiger partial charge is 0.347 e. The predicted molar refractivity (Wildman–Crippen MR) is 105 cm³/mol. The summed E-state index contributed by atoms with van der Waals surface area (Å²) in [7, 11) is 0. The fourth-order valence-corrected chi connectivity index (χ4v) is 3.71. The van der Waals surface area contributed by atoms with Crippen molar-refractivity contribution < 1.29 is 0 Å². The van der Waals surface area contributed by atoms with E-state index in [1.807, 2.05) is 0 Å². The summed E-state index contributed by atoms with van der Waals surface area (Å²) in [6.45, 7) is 9.93. The van der Waals surface area contributed by atoms with Crippen LogP contribution in [0.25, 0.3) is 5.13 Å². The van der Waals surface area contributed by atoms with Crippen molar-refractivity contribution >= 4 is 16.5 Å². The van der Waals surface area contributed by atoms with Gasteiger partial charge in [0.25, 0.3) is 0 Å². The van der Waals surface area contributed by atoms with Crippen molar-refractivity contribution in [1.82, 2.24) is 20.1 Å². The van der Waals surface area contributed by atoms with Crippen LogP contribution in [0, 0.1) is 6.92 Å². The lowest BCUT2D eigenvalue weighted by Crippen LogP contribution is -2.21. The van der Waals surface area contributed by atoms with Crippen molar-refractivity contribution in [3.63, 3.8) is 0 Å². The minimum absolute atomic E-state index is 0.793. The van der Waals surface area contributed by atoms with Gasteiger partial charge in [0.05, 0.1) is 0 Å². The van der Waals surface area contributed by atoms with Crippen LogP contribution in [0.4, 0.5) is 5.13 Å². The molecule has 0 saturated carbocycles. The topological polar surface area (TPSA) is 46.0 Å². The number of hydrogen-bond donors (Lipinski definition) is 1. The average molecular weight is 356 g/mol. The minimum atomic E-state index is 0.793. The first-order valence-electron chi connectivity index (χ1n) is 8.72. The van der Waals surface area contributed by atoms with Gasteiger partial charge < -0.3 is 10.2 Å². The average Bonchev–Trinajstić information content (AvgIpc) is 3.27. The van der Waals surface area contributed by atoms with E-state index in [1.165, 1.54) is 16.8 Å². The Hall–Kier alpha value is -2.18. The summed E-state index contributed by atoms with van der Waals surface area (Å²) in [6, 6.07) is 12.8. The van der Waals surface area contributed by atoms with E-state index in [2.05, 4.69) is 88.3 Å². The number of nitrogens with zero attached hydrogens (tertiary/aromatic N) is 4. The second kappa shape index (κ2) is 8.27. The smallest absolute Gasteiger partial charge is 0.218 e. The Kier molecular flexibility index (Phi) is 5.83. The maximum atomic E-state index is 4.37. The molecule has 0 aliphatic rings. The monoisotopic (exact) mass is 355 g/mol. The molecule has 0 fully saturated rings. The van der Waals surface area contributed by atoms with E-state index in [1.54, 1.807) is 11.3 Å². The number of nitrogens with one attached hydrogen (secondary N) is 1. The third kappa shape index (κ3) is 4.27. The molecule has 6 heteroatoms. The Morgan fingerprint density at radius 3 is 2.52 bits per heavy atom. The Bertz CT molecular complexity index is 786. The van der Waals surface area contributed by atoms with E-state index < -0.39 is 0 Å². The molecule has 0 aliphatic carbocycles. The van der Waals surface area contributed by atoms with Crippen LogP contribution in [-0.4, -0.2) is 27.9 Å². The summed E-state index contributed by atoms with van der Waals surface area (Å²) >= 11 is 1.63. The normalized spacial score (nSPS) is 11.0. The number of anilines is 1. The highest BCUT2D eigenvalue weighted by molar-refractivity contribution is 7.17. The zero-order valence-electron chi connectivity index (χ0n) is 15.1. The molecule has 3 rings (SSSR count). The van der Waals surface area contributed by atoms with Gasteiger partial charge in [-0.05, 0) is 38.5 Å². The standard InChI is InChI=1S/C19H25N5S/c1-4-23(5-2)18-21-22-19(25-18)24-12-6-7-17(24)14-20-13-16-10-8-15(3)9-11-16/h6-12,20H,4-5,13-14H2,1-3H3. The number of hydrogen-bond acceptors (Lipinski definition) is 5. The summed E-state index contributed by atoms with van der Waals surface area (Å²) < 4.78 is 2.12. The fraction of sp³-hybridized carbons (Fsp3) is 0.368. The quantitative estimate of drug-likeness (QED) is 0.668. The van der Waals surface area contributed by atoms with Crippen LogP contribution in [-0.2, 0) is 13.1 Å². The molecular weight excluding hydrogens is 330 g/mol. The molecular formula is C19H25N5S. The van der Waals surface area contributed by atoms with Crippen LogP contribution < -0.4 is 10.2 Å². The second-order valence-electron chi connectivity index (χ2n) is 6.00. The third-order valence-electron chi connectivity index (χ3n) is 4.23. The molecule has 2 aromatic heterocycles. The van der Waals surface area contributed by atoms with Crippen LogP contribution in [0.3, 0.4) is 0 Å². The number of aromatic nitrogens is 3. The van der Waals surface area contributed by atoms with Crippen molar-refractivity contribution in [2.45, 2.75) is 33.9 Å². The van der Waals surface area contributed by atoms with Gasteiger partial charge in [-0.15, -0.1) is 10.2 Å². The Labute approximate surface area is 153 Å². The van der Waals surface area contributed by atoms with Gasteiger partial charge >= 0.3 is 0 Å². The molecule has 0 unspecified atom stereocenters. The van der Waals surface area contributed by atoms with Crippen molar-refractivity contribution in [3.05, 3.63) is 59.4 Å². The lowest BCUT2D eigenvalue weighted by atomic mass is 10.1. The molecule has 0 aliphatic heterocycles. The summed E-state index contributed by atoms with van der Waals surface area (Å²) in [5, 5.41) is 14.1. The third-order valence-corrected chi connectivity index (χ3v) is 5.22. The van der Waals surface area contributed by atoms with E-state index in [4.69, 9.17) is 0 Å². The summed E-state index contributed by atoms with van der Waals surface area (Å²) in [6.07, 6.45) is 2.05. The van der Waals surface area contributed by atoms with Crippen LogP contribution in [0.2, 0.25) is 0 Å². The molecule has 0 saturated heterocycles. The Balaban J connectivity index is 1.65. The number of rotatable bonds is 8. The highest BCUT2D eigenvalue weighted by Gasteiger charge is 2.12. The zero-order valence-corrected chi connectivity index (χ0v) is 15.9. The van der Waals surface area contributed by atoms with Crippen molar-refractivity contribution in [3.8, 4) is 5.13 Å². The van der Waals surface area contributed by atoms with Crippen LogP contribution in [0.5, 0.6) is 0 Å². The molecule has 132 valence electrons. The summed E-state index contributed by atoms with van der Waals surface area (Å²) in [5.74, 6) is 0. The SMILES string of the molecule is CCN(CC)c1nnc(-n2cccc2CNCc2ccc(C)cc2)s1. The van der Waals surface area contributed by atoms with Gasteiger partial charge in [-0.25, -0.2) is 0 Å². The van der Waals surface area contributed by atoms with Crippen LogP contribution in [0.1, 0.15) is 30.7 Å². The van der Waals surface area contributed by atoms with E-state index in [0.717, 1.165) is 36.4 Å². The predicted octanol–water partition coefficient (Wildman–Crippen LogP) is 3.77. The molecule has 0 bridgehead atoms. The summed E-state index contributed by atoms with van der Waals surface area (Å²) in [4.78, 5) is 2.22. The Morgan fingerprint density at radius 1 is 1.04 bits per heavy atom. The van der Waals surface area contributed by atoms with Gasteiger partial charge in [-0.1, -0.05) is 41.2 Å². The molecule has 25 heavy (non-hydrogen) atoms. The summed E-state index contributed by atoms with van der Waals surface area (Å²) in [5.41, 5.74) is 3.77. The number of benzene rings is 1. The first kappa shape index (κ1) is 17.6. The van der Waals surface area contributed by atoms with E-state index in [9.17, 15) is 0 Å². The highest BCUT2D eigenvalue weighted by Crippen LogP contribution is 2.24. The molecule has 1 N–H and O–H groups in total. The van der Waals surface area contributed by atoms with Gasteiger partial charge in [0.2, 0.25) is 10.3 Å². The maximum absolute atomic E-state index is 4.37. The maximum Gasteiger partial charge on any atom is 0.218 e.